The second-order valence-electron chi connectivity index (χ2n) is 8.17. The molecule has 0 atom stereocenters. The number of fused-ring (bicyclic) bond motifs is 1. The summed E-state index contributed by atoms with van der Waals surface area (Å²) in [5.74, 6) is 0.544. The number of rotatable bonds is 6. The average molecular weight is 476 g/mol. The summed E-state index contributed by atoms with van der Waals surface area (Å²) in [4.78, 5) is 30.9. The molecule has 6 nitrogen and oxygen atoms in total. The second-order valence-corrected chi connectivity index (χ2v) is 8.58. The summed E-state index contributed by atoms with van der Waals surface area (Å²) in [6, 6.07) is 20.0. The van der Waals surface area contributed by atoms with Crippen molar-refractivity contribution in [1.82, 2.24) is 9.88 Å². The number of ether oxygens (including phenoxy) is 1. The molecule has 0 saturated heterocycles. The van der Waals surface area contributed by atoms with Gasteiger partial charge in [-0.15, -0.1) is 0 Å². The SMILES string of the molecule is COc1ccccc1NC(=O)N(Cc1ccccc1Cl)Cc1cc2ccc(C)c(C)c2[nH]c1=O. The van der Waals surface area contributed by atoms with Crippen molar-refractivity contribution in [3.05, 3.63) is 104 Å². The van der Waals surface area contributed by atoms with Crippen LogP contribution in [-0.4, -0.2) is 23.0 Å². The molecule has 2 N–H and O–H groups in total. The Hall–Kier alpha value is -3.77. The van der Waals surface area contributed by atoms with Crippen LogP contribution in [0, 0.1) is 13.8 Å². The van der Waals surface area contributed by atoms with Crippen LogP contribution in [-0.2, 0) is 13.1 Å². The highest BCUT2D eigenvalue weighted by molar-refractivity contribution is 6.31. The number of pyridine rings is 1. The number of nitrogens with one attached hydrogen (secondary N) is 2. The minimum Gasteiger partial charge on any atom is -0.495 e. The topological polar surface area (TPSA) is 74.4 Å². The quantitative estimate of drug-likeness (QED) is 0.357. The molecule has 7 heteroatoms. The monoisotopic (exact) mass is 475 g/mol. The number of aromatic nitrogens is 1. The van der Waals surface area contributed by atoms with Crippen LogP contribution in [0.25, 0.3) is 10.9 Å². The van der Waals surface area contributed by atoms with E-state index in [2.05, 4.69) is 10.3 Å². The minimum atomic E-state index is -0.371. The molecule has 0 aliphatic heterocycles. The number of carbonyl (C=O) groups excluding carboxylic acids is 1. The van der Waals surface area contributed by atoms with E-state index in [0.29, 0.717) is 22.0 Å². The molecule has 0 fully saturated rings. The van der Waals surface area contributed by atoms with Gasteiger partial charge < -0.3 is 19.9 Å². The first-order chi connectivity index (χ1) is 16.4. The second kappa shape index (κ2) is 10.0. The predicted octanol–water partition coefficient (Wildman–Crippen LogP) is 6.04. The standard InChI is InChI=1S/C27H26ClN3O3/c1-17-12-13-19-14-21(26(32)30-25(19)18(17)2)16-31(15-20-8-4-5-9-22(20)28)27(33)29-23-10-6-7-11-24(23)34-3/h4-14H,15-16H2,1-3H3,(H,29,33)(H,30,32). The highest BCUT2D eigenvalue weighted by Gasteiger charge is 2.19. The molecule has 0 spiro atoms. The van der Waals surface area contributed by atoms with Gasteiger partial charge in [0.1, 0.15) is 5.75 Å². The number of aryl methyl sites for hydroxylation is 2. The number of aromatic amines is 1. The maximum atomic E-state index is 13.4. The first kappa shape index (κ1) is 23.4. The van der Waals surface area contributed by atoms with E-state index in [1.54, 1.807) is 30.2 Å². The van der Waals surface area contributed by atoms with Crippen LogP contribution in [0.3, 0.4) is 0 Å². The van der Waals surface area contributed by atoms with E-state index in [1.807, 2.05) is 62.4 Å². The zero-order valence-corrected chi connectivity index (χ0v) is 20.1. The van der Waals surface area contributed by atoms with Crippen molar-refractivity contribution in [2.24, 2.45) is 0 Å². The van der Waals surface area contributed by atoms with Crippen molar-refractivity contribution in [3.8, 4) is 5.75 Å². The Morgan fingerprint density at radius 1 is 1.00 bits per heavy atom. The van der Waals surface area contributed by atoms with Gasteiger partial charge in [-0.25, -0.2) is 4.79 Å². The molecule has 4 rings (SSSR count). The largest absolute Gasteiger partial charge is 0.495 e. The molecule has 0 saturated carbocycles. The van der Waals surface area contributed by atoms with Crippen molar-refractivity contribution in [1.29, 1.82) is 0 Å². The number of halogens is 1. The summed E-state index contributed by atoms with van der Waals surface area (Å²) in [6.07, 6.45) is 0. The lowest BCUT2D eigenvalue weighted by Crippen LogP contribution is -2.36. The number of hydrogen-bond donors (Lipinski definition) is 2. The normalized spacial score (nSPS) is 10.8. The Morgan fingerprint density at radius 2 is 1.71 bits per heavy atom. The van der Waals surface area contributed by atoms with Gasteiger partial charge >= 0.3 is 6.03 Å². The van der Waals surface area contributed by atoms with Crippen LogP contribution >= 0.6 is 11.6 Å². The average Bonchev–Trinajstić information content (AvgIpc) is 2.83. The molecule has 2 amide bonds. The molecule has 3 aromatic carbocycles. The third-order valence-corrected chi connectivity index (χ3v) is 6.31. The van der Waals surface area contributed by atoms with Crippen LogP contribution in [0.4, 0.5) is 10.5 Å². The molecule has 0 radical (unpaired) electrons. The van der Waals surface area contributed by atoms with Crippen LogP contribution in [0.5, 0.6) is 5.75 Å². The fourth-order valence-corrected chi connectivity index (χ4v) is 4.06. The molecular weight excluding hydrogens is 450 g/mol. The molecule has 0 unspecified atom stereocenters. The number of amides is 2. The van der Waals surface area contributed by atoms with Gasteiger partial charge in [-0.1, -0.05) is 54.1 Å². The smallest absolute Gasteiger partial charge is 0.322 e. The summed E-state index contributed by atoms with van der Waals surface area (Å²) < 4.78 is 5.36. The minimum absolute atomic E-state index is 0.102. The van der Waals surface area contributed by atoms with Crippen molar-refractivity contribution in [2.45, 2.75) is 26.9 Å². The third-order valence-electron chi connectivity index (χ3n) is 5.94. The fourth-order valence-electron chi connectivity index (χ4n) is 3.87. The highest BCUT2D eigenvalue weighted by atomic mass is 35.5. The summed E-state index contributed by atoms with van der Waals surface area (Å²) in [5.41, 5.74) is 4.52. The summed E-state index contributed by atoms with van der Waals surface area (Å²) >= 11 is 6.38. The molecular formula is C27H26ClN3O3. The fraction of sp³-hybridized carbons (Fsp3) is 0.185. The lowest BCUT2D eigenvalue weighted by Gasteiger charge is -2.24. The molecule has 0 bridgehead atoms. The van der Waals surface area contributed by atoms with Crippen LogP contribution in [0.1, 0.15) is 22.3 Å². The van der Waals surface area contributed by atoms with Gasteiger partial charge in [0.25, 0.3) is 5.56 Å². The van der Waals surface area contributed by atoms with Gasteiger partial charge in [0, 0.05) is 17.1 Å². The molecule has 1 heterocycles. The number of urea groups is 1. The van der Waals surface area contributed by atoms with Crippen molar-refractivity contribution in [3.63, 3.8) is 0 Å². The van der Waals surface area contributed by atoms with E-state index in [1.165, 1.54) is 0 Å². The zero-order chi connectivity index (χ0) is 24.2. The van der Waals surface area contributed by atoms with Crippen molar-refractivity contribution in [2.75, 3.05) is 12.4 Å². The lowest BCUT2D eigenvalue weighted by atomic mass is 10.0. The summed E-state index contributed by atoms with van der Waals surface area (Å²) in [6.45, 7) is 4.32. The molecule has 174 valence electrons. The van der Waals surface area contributed by atoms with E-state index in [0.717, 1.165) is 27.6 Å². The van der Waals surface area contributed by atoms with E-state index >= 15 is 0 Å². The first-order valence-corrected chi connectivity index (χ1v) is 11.3. The predicted molar refractivity (Wildman–Crippen MR) is 137 cm³/mol. The molecule has 0 aliphatic carbocycles. The van der Waals surface area contributed by atoms with Gasteiger partial charge in [-0.3, -0.25) is 4.79 Å². The van der Waals surface area contributed by atoms with Gasteiger partial charge in [-0.2, -0.15) is 0 Å². The van der Waals surface area contributed by atoms with E-state index < -0.39 is 0 Å². The molecule has 0 aliphatic rings. The Bertz CT molecular complexity index is 1410. The van der Waals surface area contributed by atoms with Crippen LogP contribution in [0.2, 0.25) is 5.02 Å². The highest BCUT2D eigenvalue weighted by Crippen LogP contribution is 2.25. The maximum Gasteiger partial charge on any atom is 0.322 e. The molecule has 4 aromatic rings. The van der Waals surface area contributed by atoms with E-state index in [-0.39, 0.29) is 24.7 Å². The number of benzene rings is 3. The number of anilines is 1. The lowest BCUT2D eigenvalue weighted by molar-refractivity contribution is 0.206. The van der Waals surface area contributed by atoms with E-state index in [9.17, 15) is 9.59 Å². The van der Waals surface area contributed by atoms with Crippen molar-refractivity contribution < 1.29 is 9.53 Å². The Kier molecular flexibility index (Phi) is 6.89. The molecule has 1 aromatic heterocycles. The Labute approximate surface area is 203 Å². The first-order valence-electron chi connectivity index (χ1n) is 10.9. The van der Waals surface area contributed by atoms with Gasteiger partial charge in [0.05, 0.1) is 24.9 Å². The Morgan fingerprint density at radius 3 is 2.47 bits per heavy atom. The number of methoxy groups -OCH3 is 1. The number of carbonyl (C=O) groups is 1. The number of nitrogens with zero attached hydrogens (tertiary/aromatic N) is 1. The van der Waals surface area contributed by atoms with Crippen molar-refractivity contribution >= 4 is 34.2 Å². The van der Waals surface area contributed by atoms with E-state index in [4.69, 9.17) is 16.3 Å². The summed E-state index contributed by atoms with van der Waals surface area (Å²) in [5, 5.41) is 4.37. The van der Waals surface area contributed by atoms with Crippen LogP contribution < -0.4 is 15.6 Å². The van der Waals surface area contributed by atoms with Gasteiger partial charge in [0.2, 0.25) is 0 Å². The molecule has 34 heavy (non-hydrogen) atoms. The Balaban J connectivity index is 1.70. The van der Waals surface area contributed by atoms with Gasteiger partial charge in [-0.05, 0) is 60.2 Å². The maximum absolute atomic E-state index is 13.4. The van der Waals surface area contributed by atoms with Crippen LogP contribution in [0.15, 0.2) is 71.5 Å². The van der Waals surface area contributed by atoms with Gasteiger partial charge in [0.15, 0.2) is 0 Å². The number of hydrogen-bond acceptors (Lipinski definition) is 3. The summed E-state index contributed by atoms with van der Waals surface area (Å²) in [7, 11) is 1.55. The zero-order valence-electron chi connectivity index (χ0n) is 19.3. The third kappa shape index (κ3) is 4.92. The number of para-hydroxylation sites is 2. The number of H-pyrrole nitrogens is 1.